The van der Waals surface area contributed by atoms with Crippen molar-refractivity contribution >= 4 is 17.5 Å². The summed E-state index contributed by atoms with van der Waals surface area (Å²) in [5.74, 6) is -0.359. The molecule has 7 nitrogen and oxygen atoms in total. The molecule has 8 heteroatoms. The number of aromatic nitrogens is 1. The predicted octanol–water partition coefficient (Wildman–Crippen LogP) is 3.83. The van der Waals surface area contributed by atoms with Gasteiger partial charge in [-0.1, -0.05) is 60.1 Å². The van der Waals surface area contributed by atoms with E-state index in [2.05, 4.69) is 0 Å². The van der Waals surface area contributed by atoms with E-state index in [0.29, 0.717) is 17.4 Å². The lowest BCUT2D eigenvalue weighted by molar-refractivity contribution is 0.0606. The number of carbonyl (C=O) groups excluding carboxylic acids is 1. The zero-order valence-corrected chi connectivity index (χ0v) is 19.0. The van der Waals surface area contributed by atoms with Crippen molar-refractivity contribution in [3.05, 3.63) is 105 Å². The Labute approximate surface area is 201 Å². The molecule has 6 rings (SSSR count). The second kappa shape index (κ2) is 7.67. The first-order valence-corrected chi connectivity index (χ1v) is 11.6. The van der Waals surface area contributed by atoms with E-state index in [0.717, 1.165) is 24.0 Å². The van der Waals surface area contributed by atoms with Gasteiger partial charge in [-0.2, -0.15) is 0 Å². The van der Waals surface area contributed by atoms with Crippen LogP contribution in [0.25, 0.3) is 0 Å². The first-order valence-electron chi connectivity index (χ1n) is 11.2. The molecule has 1 aliphatic carbocycles. The van der Waals surface area contributed by atoms with Gasteiger partial charge in [0, 0.05) is 17.8 Å². The Morgan fingerprint density at radius 3 is 2.59 bits per heavy atom. The third-order valence-electron chi connectivity index (χ3n) is 6.82. The monoisotopic (exact) mass is 475 g/mol. The number of rotatable bonds is 1. The van der Waals surface area contributed by atoms with Crippen LogP contribution in [0.1, 0.15) is 40.5 Å². The molecule has 1 N–H and O–H groups in total. The Hall–Kier alpha value is -3.71. The standard InChI is InChI=1S/C26H22ClN3O4/c27-19-9-4-8-18-21(17-6-2-1-3-7-17)30-16-28(26(12-13-26)11-5-15-34-24(18)19)25(33)22-23(32)20(31)10-14-29(22)30/h1-11,14,21,32H,12-13,15-16H2/b11-5-/t21-/m0/s1. The third-order valence-corrected chi connectivity index (χ3v) is 7.12. The van der Waals surface area contributed by atoms with E-state index >= 15 is 0 Å². The molecule has 2 bridgehead atoms. The molecule has 3 heterocycles. The van der Waals surface area contributed by atoms with Gasteiger partial charge in [0.15, 0.2) is 11.4 Å². The number of benzene rings is 2. The normalized spacial score (nSPS) is 21.2. The number of nitrogens with zero attached hydrogens (tertiary/aromatic N) is 3. The Kier molecular flexibility index (Phi) is 4.71. The fraction of sp³-hybridized carbons (Fsp3) is 0.231. The molecule has 34 heavy (non-hydrogen) atoms. The molecule has 0 saturated heterocycles. The van der Waals surface area contributed by atoms with Crippen LogP contribution >= 0.6 is 11.6 Å². The van der Waals surface area contributed by atoms with Gasteiger partial charge in [0.05, 0.1) is 10.6 Å². The molecule has 1 aromatic heterocycles. The Morgan fingerprint density at radius 2 is 1.82 bits per heavy atom. The van der Waals surface area contributed by atoms with Crippen molar-refractivity contribution in [3.63, 3.8) is 0 Å². The molecule has 2 aliphatic heterocycles. The Balaban J connectivity index is 1.67. The molecule has 1 saturated carbocycles. The van der Waals surface area contributed by atoms with Crippen LogP contribution in [0.3, 0.4) is 0 Å². The number of hydrogen-bond donors (Lipinski definition) is 1. The topological polar surface area (TPSA) is 75.0 Å². The summed E-state index contributed by atoms with van der Waals surface area (Å²) < 4.78 is 7.76. The summed E-state index contributed by atoms with van der Waals surface area (Å²) in [5.41, 5.74) is 0.656. The fourth-order valence-electron chi connectivity index (χ4n) is 4.98. The first-order chi connectivity index (χ1) is 16.5. The summed E-state index contributed by atoms with van der Waals surface area (Å²) in [5, 5.41) is 13.2. The van der Waals surface area contributed by atoms with Gasteiger partial charge < -0.3 is 14.7 Å². The average Bonchev–Trinajstić information content (AvgIpc) is 3.63. The number of para-hydroxylation sites is 1. The van der Waals surface area contributed by atoms with Gasteiger partial charge in [-0.3, -0.25) is 19.3 Å². The highest BCUT2D eigenvalue weighted by Gasteiger charge is 2.52. The fourth-order valence-corrected chi connectivity index (χ4v) is 5.22. The van der Waals surface area contributed by atoms with E-state index in [9.17, 15) is 14.7 Å². The zero-order chi connectivity index (χ0) is 23.4. The van der Waals surface area contributed by atoms with E-state index in [1.54, 1.807) is 21.8 Å². The highest BCUT2D eigenvalue weighted by atomic mass is 35.5. The lowest BCUT2D eigenvalue weighted by Gasteiger charge is -2.46. The minimum atomic E-state index is -0.589. The molecule has 1 atom stereocenters. The van der Waals surface area contributed by atoms with Crippen LogP contribution in [-0.4, -0.2) is 39.4 Å². The highest BCUT2D eigenvalue weighted by molar-refractivity contribution is 6.32. The van der Waals surface area contributed by atoms with Gasteiger partial charge in [0.2, 0.25) is 5.43 Å². The summed E-state index contributed by atoms with van der Waals surface area (Å²) in [6.45, 7) is 0.558. The molecule has 3 aromatic rings. The second-order valence-electron chi connectivity index (χ2n) is 8.82. The van der Waals surface area contributed by atoms with Gasteiger partial charge in [-0.05, 0) is 30.5 Å². The molecule has 0 unspecified atom stereocenters. The maximum atomic E-state index is 13.6. The van der Waals surface area contributed by atoms with Crippen molar-refractivity contribution < 1.29 is 14.6 Å². The van der Waals surface area contributed by atoms with Crippen molar-refractivity contribution in [2.45, 2.75) is 24.4 Å². The number of halogens is 1. The average molecular weight is 476 g/mol. The minimum Gasteiger partial charge on any atom is -0.502 e. The first kappa shape index (κ1) is 20.9. The molecule has 1 fully saturated rings. The zero-order valence-electron chi connectivity index (χ0n) is 18.2. The number of aromatic hydroxyl groups is 1. The van der Waals surface area contributed by atoms with Crippen molar-refractivity contribution in [1.82, 2.24) is 9.58 Å². The van der Waals surface area contributed by atoms with E-state index in [4.69, 9.17) is 16.3 Å². The summed E-state index contributed by atoms with van der Waals surface area (Å²) >= 11 is 6.61. The lowest BCUT2D eigenvalue weighted by Crippen LogP contribution is -2.58. The van der Waals surface area contributed by atoms with Gasteiger partial charge in [-0.25, -0.2) is 0 Å². The Bertz CT molecular complexity index is 1380. The van der Waals surface area contributed by atoms with Gasteiger partial charge in [-0.15, -0.1) is 0 Å². The molecular formula is C26H22ClN3O4. The van der Waals surface area contributed by atoms with Crippen LogP contribution in [0, 0.1) is 0 Å². The molecule has 172 valence electrons. The van der Waals surface area contributed by atoms with Crippen LogP contribution < -0.4 is 15.2 Å². The number of amides is 1. The minimum absolute atomic E-state index is 0.0388. The smallest absolute Gasteiger partial charge is 0.278 e. The maximum absolute atomic E-state index is 13.6. The van der Waals surface area contributed by atoms with E-state index in [1.165, 1.54) is 6.07 Å². The largest absolute Gasteiger partial charge is 0.502 e. The van der Waals surface area contributed by atoms with Crippen LogP contribution in [0.5, 0.6) is 11.5 Å². The number of fused-ring (bicyclic) bond motifs is 6. The Morgan fingerprint density at radius 1 is 1.03 bits per heavy atom. The predicted molar refractivity (Wildman–Crippen MR) is 128 cm³/mol. The van der Waals surface area contributed by atoms with E-state index < -0.39 is 22.8 Å². The van der Waals surface area contributed by atoms with Gasteiger partial charge >= 0.3 is 0 Å². The summed E-state index contributed by atoms with van der Waals surface area (Å²) in [6.07, 6.45) is 7.04. The maximum Gasteiger partial charge on any atom is 0.278 e. The van der Waals surface area contributed by atoms with Gasteiger partial charge in [0.25, 0.3) is 5.91 Å². The van der Waals surface area contributed by atoms with Gasteiger partial charge in [0.1, 0.15) is 25.1 Å². The SMILES string of the molecule is O=C1c2c(O)c(=O)ccn2N2CN1C1(/C=C\COc3c(Cl)cccc3[C@@H]2c2ccccc2)CC1. The number of pyridine rings is 1. The van der Waals surface area contributed by atoms with Crippen LogP contribution in [0.15, 0.2) is 77.7 Å². The number of ether oxygens (including phenoxy) is 1. The molecule has 3 aliphatic rings. The lowest BCUT2D eigenvalue weighted by atomic mass is 9.96. The highest BCUT2D eigenvalue weighted by Crippen LogP contribution is 2.47. The van der Waals surface area contributed by atoms with Crippen molar-refractivity contribution in [1.29, 1.82) is 0 Å². The number of hydrogen-bond acceptors (Lipinski definition) is 5. The molecule has 0 radical (unpaired) electrons. The quantitative estimate of drug-likeness (QED) is 0.541. The van der Waals surface area contributed by atoms with Crippen molar-refractivity contribution in [2.75, 3.05) is 18.3 Å². The summed E-state index contributed by atoms with van der Waals surface area (Å²) in [7, 11) is 0. The molecule has 2 aromatic carbocycles. The van der Waals surface area contributed by atoms with Crippen LogP contribution in [0.2, 0.25) is 5.02 Å². The summed E-state index contributed by atoms with van der Waals surface area (Å²) in [4.78, 5) is 27.8. The van der Waals surface area contributed by atoms with Crippen LogP contribution in [0.4, 0.5) is 0 Å². The number of carbonyl (C=O) groups is 1. The van der Waals surface area contributed by atoms with E-state index in [1.807, 2.05) is 59.6 Å². The third kappa shape index (κ3) is 3.11. The molecular weight excluding hydrogens is 454 g/mol. The molecule has 1 amide bonds. The second-order valence-corrected chi connectivity index (χ2v) is 9.23. The molecule has 1 spiro atoms. The van der Waals surface area contributed by atoms with Crippen molar-refractivity contribution in [3.8, 4) is 11.5 Å². The van der Waals surface area contributed by atoms with Crippen molar-refractivity contribution in [2.24, 2.45) is 0 Å². The van der Waals surface area contributed by atoms with E-state index in [-0.39, 0.29) is 18.3 Å². The van der Waals surface area contributed by atoms with Crippen LogP contribution in [-0.2, 0) is 0 Å². The summed E-state index contributed by atoms with van der Waals surface area (Å²) in [6, 6.07) is 16.3.